The minimum Gasteiger partial charge on any atom is -0.504 e. The summed E-state index contributed by atoms with van der Waals surface area (Å²) in [4.78, 5) is 13.9. The van der Waals surface area contributed by atoms with Crippen LogP contribution in [0.4, 0.5) is 0 Å². The van der Waals surface area contributed by atoms with Gasteiger partial charge in [-0.05, 0) is 38.5 Å². The Morgan fingerprint density at radius 3 is 2.41 bits per heavy atom. The summed E-state index contributed by atoms with van der Waals surface area (Å²) in [7, 11) is 0. The molecule has 1 unspecified atom stereocenters. The molecule has 0 radical (unpaired) electrons. The molecule has 0 heterocycles. The van der Waals surface area contributed by atoms with Crippen LogP contribution in [-0.4, -0.2) is 33.6 Å². The van der Waals surface area contributed by atoms with E-state index in [0.717, 1.165) is 6.42 Å². The van der Waals surface area contributed by atoms with E-state index >= 15 is 0 Å². The predicted octanol–water partition coefficient (Wildman–Crippen LogP) is 2.36. The molecule has 17 heavy (non-hydrogen) atoms. The maximum atomic E-state index is 12.2. The molecule has 1 amide bonds. The van der Waals surface area contributed by atoms with Gasteiger partial charge in [-0.3, -0.25) is 4.79 Å². The third-order valence-corrected chi connectivity index (χ3v) is 2.95. The highest BCUT2D eigenvalue weighted by molar-refractivity contribution is 5.95. The van der Waals surface area contributed by atoms with Crippen LogP contribution in [0.15, 0.2) is 18.2 Å². The zero-order valence-corrected chi connectivity index (χ0v) is 10.5. The second-order valence-corrected chi connectivity index (χ2v) is 4.05. The van der Waals surface area contributed by atoms with E-state index in [-0.39, 0.29) is 23.4 Å². The molecule has 0 aromatic heterocycles. The van der Waals surface area contributed by atoms with E-state index in [1.807, 2.05) is 20.8 Å². The highest BCUT2D eigenvalue weighted by Gasteiger charge is 2.19. The van der Waals surface area contributed by atoms with Crippen LogP contribution in [-0.2, 0) is 0 Å². The number of phenols is 2. The number of amides is 1. The molecule has 0 aliphatic rings. The van der Waals surface area contributed by atoms with Crippen molar-refractivity contribution in [3.8, 4) is 11.5 Å². The van der Waals surface area contributed by atoms with Gasteiger partial charge in [0.2, 0.25) is 0 Å². The number of rotatable bonds is 4. The fourth-order valence-electron chi connectivity index (χ4n) is 1.70. The van der Waals surface area contributed by atoms with E-state index in [4.69, 9.17) is 0 Å². The molecule has 0 aliphatic carbocycles. The molecule has 0 saturated heterocycles. The minimum absolute atomic E-state index is 0.128. The molecule has 0 aliphatic heterocycles. The summed E-state index contributed by atoms with van der Waals surface area (Å²) >= 11 is 0. The summed E-state index contributed by atoms with van der Waals surface area (Å²) in [5.41, 5.74) is 0.391. The maximum absolute atomic E-state index is 12.2. The number of hydrogen-bond donors (Lipinski definition) is 2. The zero-order valence-electron chi connectivity index (χ0n) is 10.5. The highest BCUT2D eigenvalue weighted by Crippen LogP contribution is 2.25. The zero-order chi connectivity index (χ0) is 13.0. The predicted molar refractivity (Wildman–Crippen MR) is 66.2 cm³/mol. The fourth-order valence-corrected chi connectivity index (χ4v) is 1.70. The van der Waals surface area contributed by atoms with Gasteiger partial charge in [0.15, 0.2) is 11.5 Å². The number of carbonyl (C=O) groups is 1. The van der Waals surface area contributed by atoms with E-state index in [1.54, 1.807) is 4.90 Å². The van der Waals surface area contributed by atoms with Crippen molar-refractivity contribution in [1.29, 1.82) is 0 Å². The summed E-state index contributed by atoms with van der Waals surface area (Å²) in [5.74, 6) is -0.610. The largest absolute Gasteiger partial charge is 0.504 e. The van der Waals surface area contributed by atoms with Gasteiger partial charge < -0.3 is 15.1 Å². The van der Waals surface area contributed by atoms with E-state index < -0.39 is 0 Å². The van der Waals surface area contributed by atoms with Crippen molar-refractivity contribution in [3.05, 3.63) is 23.8 Å². The SMILES string of the molecule is CCC(C)N(CC)C(=O)c1ccc(O)c(O)c1. The van der Waals surface area contributed by atoms with Crippen LogP contribution >= 0.6 is 0 Å². The van der Waals surface area contributed by atoms with Crippen molar-refractivity contribution in [2.75, 3.05) is 6.54 Å². The molecule has 1 atom stereocenters. The topological polar surface area (TPSA) is 60.8 Å². The summed E-state index contributed by atoms with van der Waals surface area (Å²) in [5, 5.41) is 18.6. The monoisotopic (exact) mass is 237 g/mol. The summed E-state index contributed by atoms with van der Waals surface area (Å²) in [6.07, 6.45) is 0.879. The van der Waals surface area contributed by atoms with Gasteiger partial charge in [-0.25, -0.2) is 0 Å². The Balaban J connectivity index is 2.98. The van der Waals surface area contributed by atoms with Crippen LogP contribution in [0.25, 0.3) is 0 Å². The van der Waals surface area contributed by atoms with Gasteiger partial charge in [0.25, 0.3) is 5.91 Å². The van der Waals surface area contributed by atoms with Crippen LogP contribution in [0.5, 0.6) is 11.5 Å². The number of aromatic hydroxyl groups is 2. The molecule has 0 fully saturated rings. The average Bonchev–Trinajstić information content (AvgIpc) is 2.33. The van der Waals surface area contributed by atoms with Gasteiger partial charge in [0.1, 0.15) is 0 Å². The summed E-state index contributed by atoms with van der Waals surface area (Å²) < 4.78 is 0. The van der Waals surface area contributed by atoms with Crippen molar-refractivity contribution in [3.63, 3.8) is 0 Å². The quantitative estimate of drug-likeness (QED) is 0.790. The molecular weight excluding hydrogens is 218 g/mol. The van der Waals surface area contributed by atoms with Gasteiger partial charge in [-0.15, -0.1) is 0 Å². The van der Waals surface area contributed by atoms with Crippen molar-refractivity contribution in [2.45, 2.75) is 33.2 Å². The van der Waals surface area contributed by atoms with Crippen molar-refractivity contribution in [2.24, 2.45) is 0 Å². The van der Waals surface area contributed by atoms with Gasteiger partial charge in [-0.1, -0.05) is 6.92 Å². The molecule has 0 bridgehead atoms. The van der Waals surface area contributed by atoms with Gasteiger partial charge in [0, 0.05) is 18.2 Å². The molecule has 4 nitrogen and oxygen atoms in total. The third-order valence-electron chi connectivity index (χ3n) is 2.95. The van der Waals surface area contributed by atoms with E-state index in [1.165, 1.54) is 18.2 Å². The van der Waals surface area contributed by atoms with Gasteiger partial charge >= 0.3 is 0 Å². The van der Waals surface area contributed by atoms with Gasteiger partial charge in [-0.2, -0.15) is 0 Å². The standard InChI is InChI=1S/C13H19NO3/c1-4-9(3)14(5-2)13(17)10-6-7-11(15)12(16)8-10/h6-9,15-16H,4-5H2,1-3H3. The van der Waals surface area contributed by atoms with Crippen LogP contribution in [0, 0.1) is 0 Å². The number of nitrogens with zero attached hydrogens (tertiary/aromatic N) is 1. The summed E-state index contributed by atoms with van der Waals surface area (Å²) in [6.45, 7) is 6.55. The molecular formula is C13H19NO3. The second-order valence-electron chi connectivity index (χ2n) is 4.05. The highest BCUT2D eigenvalue weighted by atomic mass is 16.3. The van der Waals surface area contributed by atoms with Crippen LogP contribution < -0.4 is 0 Å². The number of benzene rings is 1. The lowest BCUT2D eigenvalue weighted by Crippen LogP contribution is -2.38. The van der Waals surface area contributed by atoms with Crippen LogP contribution in [0.3, 0.4) is 0 Å². The first kappa shape index (κ1) is 13.4. The van der Waals surface area contributed by atoms with Crippen molar-refractivity contribution in [1.82, 2.24) is 4.90 Å². The first-order valence-corrected chi connectivity index (χ1v) is 5.84. The van der Waals surface area contributed by atoms with Crippen LogP contribution in [0.1, 0.15) is 37.6 Å². The number of phenolic OH excluding ortho intramolecular Hbond substituents is 2. The van der Waals surface area contributed by atoms with E-state index in [0.29, 0.717) is 12.1 Å². The third kappa shape index (κ3) is 2.90. The molecule has 2 N–H and O–H groups in total. The molecule has 1 aromatic carbocycles. The Morgan fingerprint density at radius 2 is 1.94 bits per heavy atom. The smallest absolute Gasteiger partial charge is 0.254 e. The molecule has 0 saturated carbocycles. The molecule has 94 valence electrons. The fraction of sp³-hybridized carbons (Fsp3) is 0.462. The first-order chi connectivity index (χ1) is 8.01. The van der Waals surface area contributed by atoms with Crippen molar-refractivity contribution < 1.29 is 15.0 Å². The maximum Gasteiger partial charge on any atom is 0.254 e. The lowest BCUT2D eigenvalue weighted by atomic mass is 10.1. The normalized spacial score (nSPS) is 12.2. The number of hydrogen-bond acceptors (Lipinski definition) is 3. The van der Waals surface area contributed by atoms with E-state index in [2.05, 4.69) is 0 Å². The lowest BCUT2D eigenvalue weighted by Gasteiger charge is -2.27. The molecule has 1 aromatic rings. The summed E-state index contributed by atoms with van der Waals surface area (Å²) in [6, 6.07) is 4.29. The Hall–Kier alpha value is -1.71. The Labute approximate surface area is 101 Å². The minimum atomic E-state index is -0.268. The lowest BCUT2D eigenvalue weighted by molar-refractivity contribution is 0.0699. The number of carbonyl (C=O) groups excluding carboxylic acids is 1. The van der Waals surface area contributed by atoms with Crippen molar-refractivity contribution >= 4 is 5.91 Å². The average molecular weight is 237 g/mol. The van der Waals surface area contributed by atoms with E-state index in [9.17, 15) is 15.0 Å². The molecule has 1 rings (SSSR count). The Morgan fingerprint density at radius 1 is 1.29 bits per heavy atom. The van der Waals surface area contributed by atoms with Gasteiger partial charge in [0.05, 0.1) is 0 Å². The Bertz CT molecular complexity index is 404. The second kappa shape index (κ2) is 5.57. The molecule has 4 heteroatoms. The Kier molecular flexibility index (Phi) is 4.37. The first-order valence-electron chi connectivity index (χ1n) is 5.84. The molecule has 0 spiro atoms. The van der Waals surface area contributed by atoms with Crippen LogP contribution in [0.2, 0.25) is 0 Å².